The van der Waals surface area contributed by atoms with Crippen LogP contribution in [0.5, 0.6) is 5.75 Å². The fraction of sp³-hybridized carbons (Fsp3) is 0. The fourth-order valence-electron chi connectivity index (χ4n) is 2.45. The molecule has 0 amide bonds. The van der Waals surface area contributed by atoms with Crippen LogP contribution >= 0.6 is 49.9 Å². The number of benzene rings is 2. The zero-order valence-corrected chi connectivity index (χ0v) is 16.0. The molecular formula is C16H8BrIN2O2S. The van der Waals surface area contributed by atoms with E-state index in [2.05, 4.69) is 43.5 Å². The molecule has 1 N–H and O–H groups in total. The van der Waals surface area contributed by atoms with Gasteiger partial charge in [-0.3, -0.25) is 4.79 Å². The summed E-state index contributed by atoms with van der Waals surface area (Å²) in [5, 5.41) is 10.2. The van der Waals surface area contributed by atoms with E-state index in [4.69, 9.17) is 0 Å². The van der Waals surface area contributed by atoms with Crippen LogP contribution in [-0.4, -0.2) is 14.5 Å². The van der Waals surface area contributed by atoms with Crippen LogP contribution in [0.4, 0.5) is 0 Å². The average molecular weight is 499 g/mol. The molecule has 0 saturated heterocycles. The van der Waals surface area contributed by atoms with Crippen molar-refractivity contribution in [1.82, 2.24) is 9.38 Å². The summed E-state index contributed by atoms with van der Waals surface area (Å²) < 4.78 is 3.74. The molecule has 4 nitrogen and oxygen atoms in total. The fourth-order valence-corrected chi connectivity index (χ4v) is 4.98. The van der Waals surface area contributed by atoms with E-state index in [-0.39, 0.29) is 11.3 Å². The molecule has 0 aliphatic heterocycles. The molecule has 2 aromatic carbocycles. The van der Waals surface area contributed by atoms with Gasteiger partial charge < -0.3 is 5.11 Å². The minimum absolute atomic E-state index is 0.118. The van der Waals surface area contributed by atoms with Crippen LogP contribution in [0.2, 0.25) is 0 Å². The molecule has 7 heteroatoms. The summed E-state index contributed by atoms with van der Waals surface area (Å²) in [5.41, 5.74) is 2.10. The summed E-state index contributed by atoms with van der Waals surface area (Å²) in [6.45, 7) is 0. The Morgan fingerprint density at radius 1 is 1.30 bits per heavy atom. The van der Waals surface area contributed by atoms with Crippen LogP contribution in [0.25, 0.3) is 22.1 Å². The van der Waals surface area contributed by atoms with E-state index in [0.717, 1.165) is 19.1 Å². The van der Waals surface area contributed by atoms with E-state index >= 15 is 0 Å². The number of aromatic hydroxyl groups is 1. The summed E-state index contributed by atoms with van der Waals surface area (Å²) in [5.74, 6) is 0.170. The molecule has 0 saturated carbocycles. The predicted molar refractivity (Wildman–Crippen MR) is 104 cm³/mol. The maximum atomic E-state index is 12.7. The maximum Gasteiger partial charge on any atom is 0.274 e. The first-order chi connectivity index (χ1) is 11.0. The van der Waals surface area contributed by atoms with Gasteiger partial charge in [0.1, 0.15) is 5.75 Å². The Bertz CT molecular complexity index is 1180. The molecule has 114 valence electrons. The first-order valence-corrected chi connectivity index (χ1v) is 9.33. The second-order valence-corrected chi connectivity index (χ2v) is 8.05. The number of imidazole rings is 1. The number of halogens is 2. The first-order valence-electron chi connectivity index (χ1n) is 6.64. The van der Waals surface area contributed by atoms with E-state index < -0.39 is 0 Å². The number of aromatic nitrogens is 2. The van der Waals surface area contributed by atoms with Crippen molar-refractivity contribution in [3.8, 4) is 5.75 Å². The third-order valence-electron chi connectivity index (χ3n) is 3.49. The Kier molecular flexibility index (Phi) is 3.66. The van der Waals surface area contributed by atoms with Gasteiger partial charge >= 0.3 is 0 Å². The topological polar surface area (TPSA) is 54.6 Å². The Morgan fingerprint density at radius 2 is 2.09 bits per heavy atom. The van der Waals surface area contributed by atoms with Gasteiger partial charge in [0.15, 0.2) is 4.96 Å². The number of fused-ring (bicyclic) bond motifs is 3. The van der Waals surface area contributed by atoms with Crippen molar-refractivity contribution >= 4 is 71.9 Å². The number of thiazole rings is 1. The van der Waals surface area contributed by atoms with Gasteiger partial charge in [0, 0.05) is 10.0 Å². The van der Waals surface area contributed by atoms with Crippen LogP contribution in [-0.2, 0) is 0 Å². The Balaban J connectivity index is 2.04. The van der Waals surface area contributed by atoms with Crippen LogP contribution in [0.15, 0.2) is 45.7 Å². The van der Waals surface area contributed by atoms with Crippen LogP contribution in [0.1, 0.15) is 5.56 Å². The molecule has 0 bridgehead atoms. The lowest BCUT2D eigenvalue weighted by Gasteiger charge is -2.02. The lowest BCUT2D eigenvalue weighted by molar-refractivity contribution is 0.470. The normalized spacial score (nSPS) is 12.5. The van der Waals surface area contributed by atoms with Gasteiger partial charge in [-0.05, 0) is 52.9 Å². The summed E-state index contributed by atoms with van der Waals surface area (Å²) >= 11 is 6.79. The quantitative estimate of drug-likeness (QED) is 0.408. The highest BCUT2D eigenvalue weighted by molar-refractivity contribution is 14.1. The van der Waals surface area contributed by atoms with Crippen LogP contribution < -0.4 is 10.1 Å². The second-order valence-electron chi connectivity index (χ2n) is 4.96. The van der Waals surface area contributed by atoms with Crippen LogP contribution in [0, 0.1) is 3.57 Å². The minimum atomic E-state index is -0.118. The molecule has 0 atom stereocenters. The molecule has 4 aromatic rings. The average Bonchev–Trinajstić information content (AvgIpc) is 3.01. The molecular weight excluding hydrogens is 491 g/mol. The second kappa shape index (κ2) is 5.57. The van der Waals surface area contributed by atoms with Crippen molar-refractivity contribution in [2.75, 3.05) is 0 Å². The SMILES string of the molecule is O=c1/c(=C/c2cc(Br)cc(I)c2O)sc2nc3ccccc3n12. The van der Waals surface area contributed by atoms with Gasteiger partial charge in [0.2, 0.25) is 0 Å². The third-order valence-corrected chi connectivity index (χ3v) is 5.74. The van der Waals surface area contributed by atoms with Crippen LogP contribution in [0.3, 0.4) is 0 Å². The number of phenols is 1. The lowest BCUT2D eigenvalue weighted by Crippen LogP contribution is -2.22. The molecule has 0 fully saturated rings. The summed E-state index contributed by atoms with van der Waals surface area (Å²) in [7, 11) is 0. The van der Waals surface area contributed by atoms with E-state index in [1.807, 2.05) is 30.3 Å². The minimum Gasteiger partial charge on any atom is -0.506 e. The third kappa shape index (κ3) is 2.47. The predicted octanol–water partition coefficient (Wildman–Crippen LogP) is 3.53. The molecule has 2 aromatic heterocycles. The summed E-state index contributed by atoms with van der Waals surface area (Å²) in [6.07, 6.45) is 1.71. The smallest absolute Gasteiger partial charge is 0.274 e. The van der Waals surface area contributed by atoms with E-state index in [1.54, 1.807) is 16.5 Å². The zero-order valence-electron chi connectivity index (χ0n) is 11.5. The molecule has 0 radical (unpaired) electrons. The molecule has 0 aliphatic rings. The standard InChI is InChI=1S/C16H8BrIN2O2S/c17-9-5-8(14(21)10(18)7-9)6-13-15(22)20-12-4-2-1-3-11(12)19-16(20)23-13/h1-7,21H/b13-6-. The van der Waals surface area contributed by atoms with Gasteiger partial charge in [-0.1, -0.05) is 39.4 Å². The zero-order chi connectivity index (χ0) is 16.1. The molecule has 4 rings (SSSR count). The lowest BCUT2D eigenvalue weighted by atomic mass is 10.2. The highest BCUT2D eigenvalue weighted by Gasteiger charge is 2.12. The number of rotatable bonds is 1. The highest BCUT2D eigenvalue weighted by Crippen LogP contribution is 2.29. The monoisotopic (exact) mass is 498 g/mol. The van der Waals surface area contributed by atoms with E-state index in [0.29, 0.717) is 15.1 Å². The number of nitrogens with zero attached hydrogens (tertiary/aromatic N) is 2. The number of phenolic OH excluding ortho intramolecular Hbond substituents is 1. The molecule has 0 unspecified atom stereocenters. The number of hydrogen-bond acceptors (Lipinski definition) is 4. The molecule has 2 heterocycles. The van der Waals surface area contributed by atoms with Crippen molar-refractivity contribution in [3.63, 3.8) is 0 Å². The van der Waals surface area contributed by atoms with Gasteiger partial charge in [-0.25, -0.2) is 9.38 Å². The summed E-state index contributed by atoms with van der Waals surface area (Å²) in [4.78, 5) is 17.8. The Labute approximate surface area is 156 Å². The van der Waals surface area contributed by atoms with E-state index in [9.17, 15) is 9.90 Å². The molecule has 0 aliphatic carbocycles. The van der Waals surface area contributed by atoms with Gasteiger partial charge in [0.25, 0.3) is 5.56 Å². The Morgan fingerprint density at radius 3 is 2.91 bits per heavy atom. The molecule has 23 heavy (non-hydrogen) atoms. The summed E-state index contributed by atoms with van der Waals surface area (Å²) in [6, 6.07) is 11.2. The largest absolute Gasteiger partial charge is 0.506 e. The van der Waals surface area contributed by atoms with Gasteiger partial charge in [-0.2, -0.15) is 0 Å². The van der Waals surface area contributed by atoms with Gasteiger partial charge in [-0.15, -0.1) is 0 Å². The van der Waals surface area contributed by atoms with Crippen molar-refractivity contribution in [3.05, 3.63) is 64.9 Å². The van der Waals surface area contributed by atoms with Crippen molar-refractivity contribution in [1.29, 1.82) is 0 Å². The van der Waals surface area contributed by atoms with Gasteiger partial charge in [0.05, 0.1) is 19.1 Å². The van der Waals surface area contributed by atoms with Crippen molar-refractivity contribution in [2.45, 2.75) is 0 Å². The first kappa shape index (κ1) is 15.1. The Hall–Kier alpha value is -1.45. The number of para-hydroxylation sites is 2. The highest BCUT2D eigenvalue weighted by atomic mass is 127. The number of hydrogen-bond donors (Lipinski definition) is 1. The van der Waals surface area contributed by atoms with E-state index in [1.165, 1.54) is 11.3 Å². The van der Waals surface area contributed by atoms with Crippen molar-refractivity contribution < 1.29 is 5.11 Å². The maximum absolute atomic E-state index is 12.7. The molecule has 0 spiro atoms. The van der Waals surface area contributed by atoms with Crippen molar-refractivity contribution in [2.24, 2.45) is 0 Å².